The third kappa shape index (κ3) is 3.37. The van der Waals surface area contributed by atoms with Crippen LogP contribution < -0.4 is 5.32 Å². The van der Waals surface area contributed by atoms with Gasteiger partial charge in [0.15, 0.2) is 9.84 Å². The number of imide groups is 1. The summed E-state index contributed by atoms with van der Waals surface area (Å²) in [4.78, 5) is 25.8. The van der Waals surface area contributed by atoms with Gasteiger partial charge < -0.3 is 4.90 Å². The second kappa shape index (κ2) is 5.92. The van der Waals surface area contributed by atoms with E-state index in [9.17, 15) is 18.0 Å². The largest absolute Gasteiger partial charge is 0.324 e. The predicted octanol–water partition coefficient (Wildman–Crippen LogP) is 1.11. The first-order chi connectivity index (χ1) is 9.43. The highest BCUT2D eigenvalue weighted by Crippen LogP contribution is 2.18. The van der Waals surface area contributed by atoms with E-state index < -0.39 is 21.8 Å². The van der Waals surface area contributed by atoms with E-state index in [-0.39, 0.29) is 17.5 Å². The first-order valence-electron chi connectivity index (χ1n) is 6.29. The Hall–Kier alpha value is -1.41. The minimum atomic E-state index is -3.06. The SMILES string of the molecule is CCN(C(=O)NC(=O)c1cccs1)C1CCS(=O)(=O)C1. The maximum absolute atomic E-state index is 12.1. The van der Waals surface area contributed by atoms with Crippen molar-refractivity contribution < 1.29 is 18.0 Å². The number of rotatable bonds is 3. The Kier molecular flexibility index (Phi) is 4.44. The Bertz CT molecular complexity index is 595. The van der Waals surface area contributed by atoms with Gasteiger partial charge in [0.1, 0.15) is 0 Å². The summed E-state index contributed by atoms with van der Waals surface area (Å²) in [5, 5.41) is 4.05. The monoisotopic (exact) mass is 316 g/mol. The summed E-state index contributed by atoms with van der Waals surface area (Å²) < 4.78 is 22.9. The predicted molar refractivity (Wildman–Crippen MR) is 76.6 cm³/mol. The van der Waals surface area contributed by atoms with Crippen LogP contribution in [0.3, 0.4) is 0 Å². The number of carbonyl (C=O) groups is 2. The fourth-order valence-corrected chi connectivity index (χ4v) is 4.58. The molecule has 2 heterocycles. The lowest BCUT2D eigenvalue weighted by atomic mass is 10.2. The number of urea groups is 1. The number of amides is 3. The average Bonchev–Trinajstić information content (AvgIpc) is 2.99. The molecule has 1 N–H and O–H groups in total. The van der Waals surface area contributed by atoms with E-state index in [4.69, 9.17) is 0 Å². The van der Waals surface area contributed by atoms with E-state index in [0.29, 0.717) is 17.8 Å². The lowest BCUT2D eigenvalue weighted by molar-refractivity contribution is 0.0951. The van der Waals surface area contributed by atoms with E-state index in [2.05, 4.69) is 5.32 Å². The van der Waals surface area contributed by atoms with Gasteiger partial charge in [-0.05, 0) is 24.8 Å². The molecule has 0 bridgehead atoms. The van der Waals surface area contributed by atoms with Crippen LogP contribution in [0.15, 0.2) is 17.5 Å². The molecule has 1 aromatic rings. The van der Waals surface area contributed by atoms with Crippen molar-refractivity contribution >= 4 is 33.1 Å². The van der Waals surface area contributed by atoms with E-state index in [1.165, 1.54) is 16.2 Å². The zero-order valence-electron chi connectivity index (χ0n) is 11.0. The number of nitrogens with one attached hydrogen (secondary N) is 1. The number of sulfone groups is 1. The molecular formula is C12H16N2O4S2. The molecule has 1 unspecified atom stereocenters. The summed E-state index contributed by atoms with van der Waals surface area (Å²) in [6.07, 6.45) is 0.427. The highest BCUT2D eigenvalue weighted by Gasteiger charge is 2.34. The summed E-state index contributed by atoms with van der Waals surface area (Å²) in [6, 6.07) is 2.48. The summed E-state index contributed by atoms with van der Waals surface area (Å²) in [6.45, 7) is 2.13. The Labute approximate surface area is 121 Å². The van der Waals surface area contributed by atoms with Gasteiger partial charge in [0.2, 0.25) is 0 Å². The topological polar surface area (TPSA) is 83.6 Å². The molecule has 1 aliphatic heterocycles. The smallest absolute Gasteiger partial charge is 0.321 e. The van der Waals surface area contributed by atoms with Crippen molar-refractivity contribution in [3.63, 3.8) is 0 Å². The second-order valence-corrected chi connectivity index (χ2v) is 7.76. The van der Waals surface area contributed by atoms with Gasteiger partial charge in [-0.25, -0.2) is 13.2 Å². The maximum Gasteiger partial charge on any atom is 0.324 e. The number of carbonyl (C=O) groups excluding carboxylic acids is 2. The Morgan fingerprint density at radius 3 is 2.75 bits per heavy atom. The van der Waals surface area contributed by atoms with Crippen LogP contribution >= 0.6 is 11.3 Å². The van der Waals surface area contributed by atoms with Crippen LogP contribution in [0.25, 0.3) is 0 Å². The molecule has 110 valence electrons. The summed E-state index contributed by atoms with van der Waals surface area (Å²) >= 11 is 1.25. The van der Waals surface area contributed by atoms with Crippen molar-refractivity contribution in [1.29, 1.82) is 0 Å². The Balaban J connectivity index is 2.01. The highest BCUT2D eigenvalue weighted by atomic mass is 32.2. The Morgan fingerprint density at radius 1 is 1.50 bits per heavy atom. The molecule has 0 aliphatic carbocycles. The van der Waals surface area contributed by atoms with Gasteiger partial charge in [0, 0.05) is 12.6 Å². The molecule has 0 aromatic carbocycles. The first kappa shape index (κ1) is 15.0. The van der Waals surface area contributed by atoms with Crippen LogP contribution in [0, 0.1) is 0 Å². The van der Waals surface area contributed by atoms with E-state index in [1.54, 1.807) is 24.4 Å². The van der Waals surface area contributed by atoms with Crippen molar-refractivity contribution in [3.8, 4) is 0 Å². The first-order valence-corrected chi connectivity index (χ1v) is 8.99. The third-order valence-corrected chi connectivity index (χ3v) is 5.84. The van der Waals surface area contributed by atoms with Gasteiger partial charge >= 0.3 is 6.03 Å². The standard InChI is InChI=1S/C12H16N2O4S2/c1-2-14(9-5-7-20(17,18)8-9)12(16)13-11(15)10-4-3-6-19-10/h3-4,6,9H,2,5,7-8H2,1H3,(H,13,15,16). The van der Waals surface area contributed by atoms with Gasteiger partial charge in [-0.15, -0.1) is 11.3 Å². The quantitative estimate of drug-likeness (QED) is 0.905. The molecule has 1 saturated heterocycles. The number of hydrogen-bond acceptors (Lipinski definition) is 5. The molecule has 0 saturated carbocycles. The van der Waals surface area contributed by atoms with Gasteiger partial charge in [-0.1, -0.05) is 6.07 Å². The lowest BCUT2D eigenvalue weighted by Crippen LogP contribution is -2.48. The van der Waals surface area contributed by atoms with Crippen molar-refractivity contribution in [1.82, 2.24) is 10.2 Å². The molecule has 0 radical (unpaired) electrons. The summed E-state index contributed by atoms with van der Waals surface area (Å²) in [5.74, 6) is -0.383. The highest BCUT2D eigenvalue weighted by molar-refractivity contribution is 7.91. The average molecular weight is 316 g/mol. The van der Waals surface area contributed by atoms with Crippen LogP contribution in [0.2, 0.25) is 0 Å². The van der Waals surface area contributed by atoms with Crippen LogP contribution in [-0.2, 0) is 9.84 Å². The molecule has 0 spiro atoms. The zero-order chi connectivity index (χ0) is 14.8. The zero-order valence-corrected chi connectivity index (χ0v) is 12.7. The normalized spacial score (nSPS) is 20.6. The van der Waals surface area contributed by atoms with Gasteiger partial charge in [-0.3, -0.25) is 10.1 Å². The molecule has 1 aliphatic rings. The number of hydrogen-bond donors (Lipinski definition) is 1. The number of thiophene rings is 1. The summed E-state index contributed by atoms with van der Waals surface area (Å²) in [7, 11) is -3.06. The maximum atomic E-state index is 12.1. The molecule has 2 rings (SSSR count). The molecule has 1 fully saturated rings. The van der Waals surface area contributed by atoms with Gasteiger partial charge in [0.05, 0.1) is 16.4 Å². The van der Waals surface area contributed by atoms with Crippen molar-refractivity contribution in [2.45, 2.75) is 19.4 Å². The second-order valence-electron chi connectivity index (χ2n) is 4.58. The fraction of sp³-hybridized carbons (Fsp3) is 0.500. The number of nitrogens with zero attached hydrogens (tertiary/aromatic N) is 1. The van der Waals surface area contributed by atoms with Crippen LogP contribution in [0.1, 0.15) is 23.0 Å². The molecular weight excluding hydrogens is 300 g/mol. The molecule has 1 aromatic heterocycles. The summed E-state index contributed by atoms with van der Waals surface area (Å²) in [5.41, 5.74) is 0. The minimum absolute atomic E-state index is 0.0263. The van der Waals surface area contributed by atoms with Gasteiger partial charge in [0.25, 0.3) is 5.91 Å². The van der Waals surface area contributed by atoms with Crippen LogP contribution in [-0.4, -0.2) is 49.3 Å². The van der Waals surface area contributed by atoms with Crippen molar-refractivity contribution in [3.05, 3.63) is 22.4 Å². The van der Waals surface area contributed by atoms with E-state index >= 15 is 0 Å². The van der Waals surface area contributed by atoms with Crippen molar-refractivity contribution in [2.75, 3.05) is 18.1 Å². The third-order valence-electron chi connectivity index (χ3n) is 3.22. The molecule has 6 nitrogen and oxygen atoms in total. The Morgan fingerprint density at radius 2 is 2.25 bits per heavy atom. The van der Waals surface area contributed by atoms with E-state index in [1.807, 2.05) is 0 Å². The van der Waals surface area contributed by atoms with Crippen LogP contribution in [0.5, 0.6) is 0 Å². The fourth-order valence-electron chi connectivity index (χ4n) is 2.23. The minimum Gasteiger partial charge on any atom is -0.321 e. The van der Waals surface area contributed by atoms with Crippen molar-refractivity contribution in [2.24, 2.45) is 0 Å². The lowest BCUT2D eigenvalue weighted by Gasteiger charge is -2.26. The van der Waals surface area contributed by atoms with E-state index in [0.717, 1.165) is 0 Å². The van der Waals surface area contributed by atoms with Crippen LogP contribution in [0.4, 0.5) is 4.79 Å². The molecule has 1 atom stereocenters. The molecule has 3 amide bonds. The van der Waals surface area contributed by atoms with Gasteiger partial charge in [-0.2, -0.15) is 0 Å². The molecule has 8 heteroatoms. The molecule has 20 heavy (non-hydrogen) atoms.